The number of nitrogens with zero attached hydrogens (tertiary/aromatic N) is 3. The van der Waals surface area contributed by atoms with Crippen molar-refractivity contribution in [2.75, 3.05) is 44.2 Å². The third-order valence-electron chi connectivity index (χ3n) is 6.16. The summed E-state index contributed by atoms with van der Waals surface area (Å²) in [6, 6.07) is 9.08. The highest BCUT2D eigenvalue weighted by Crippen LogP contribution is 2.28. The van der Waals surface area contributed by atoms with E-state index in [4.69, 9.17) is 4.42 Å². The van der Waals surface area contributed by atoms with Crippen LogP contribution in [0.3, 0.4) is 0 Å². The highest BCUT2D eigenvalue weighted by Gasteiger charge is 2.32. The average Bonchev–Trinajstić information content (AvgIpc) is 3.21. The number of oxazole rings is 1. The fourth-order valence-electron chi connectivity index (χ4n) is 4.54. The number of hydrogen-bond donors (Lipinski definition) is 2. The van der Waals surface area contributed by atoms with Gasteiger partial charge in [0.1, 0.15) is 5.52 Å². The largest absolute Gasteiger partial charge is 0.423 e. The van der Waals surface area contributed by atoms with E-state index in [-0.39, 0.29) is 17.7 Å². The molecule has 1 aromatic carbocycles. The molecule has 3 heterocycles. The Morgan fingerprint density at radius 3 is 2.63 bits per heavy atom. The number of hydrogen-bond acceptors (Lipinski definition) is 6. The summed E-state index contributed by atoms with van der Waals surface area (Å²) in [5.74, 6) is 0.0670. The maximum absolute atomic E-state index is 12.5. The zero-order valence-corrected chi connectivity index (χ0v) is 17.6. The maximum atomic E-state index is 12.5. The maximum Gasteiger partial charge on any atom is 0.298 e. The standard InChI is InChI=1S/C22H31N5O3/c1-16(28)23-10-11-24-21(29)17-5-4-12-27(15-17)18-8-13-26(14-9-18)22-25-19-6-2-3-7-20(19)30-22/h2-3,6-7,17-18H,4-5,8-15H2,1H3,(H,23,28)(H,24,29)/t17-/m1/s1. The lowest BCUT2D eigenvalue weighted by Gasteiger charge is -2.41. The molecule has 0 saturated carbocycles. The quantitative estimate of drug-likeness (QED) is 0.702. The lowest BCUT2D eigenvalue weighted by atomic mass is 9.93. The van der Waals surface area contributed by atoms with E-state index in [9.17, 15) is 9.59 Å². The molecule has 2 amide bonds. The van der Waals surface area contributed by atoms with Crippen molar-refractivity contribution >= 4 is 28.9 Å². The van der Waals surface area contributed by atoms with Crippen molar-refractivity contribution in [3.05, 3.63) is 24.3 Å². The molecule has 2 N–H and O–H groups in total. The zero-order chi connectivity index (χ0) is 20.9. The van der Waals surface area contributed by atoms with Crippen LogP contribution in [0.4, 0.5) is 6.01 Å². The first kappa shape index (κ1) is 20.7. The van der Waals surface area contributed by atoms with Crippen LogP contribution in [0, 0.1) is 5.92 Å². The van der Waals surface area contributed by atoms with Gasteiger partial charge in [0.2, 0.25) is 11.8 Å². The fourth-order valence-corrected chi connectivity index (χ4v) is 4.54. The number of amides is 2. The second-order valence-electron chi connectivity index (χ2n) is 8.29. The number of carbonyl (C=O) groups excluding carboxylic acids is 2. The zero-order valence-electron chi connectivity index (χ0n) is 17.6. The van der Waals surface area contributed by atoms with Crippen molar-refractivity contribution < 1.29 is 14.0 Å². The molecule has 2 saturated heterocycles. The van der Waals surface area contributed by atoms with Gasteiger partial charge >= 0.3 is 0 Å². The molecule has 4 rings (SSSR count). The van der Waals surface area contributed by atoms with Crippen molar-refractivity contribution in [1.82, 2.24) is 20.5 Å². The average molecular weight is 414 g/mol. The SMILES string of the molecule is CC(=O)NCCNC(=O)[C@@H]1CCCN(C2CCN(c3nc4ccccc4o3)CC2)C1. The number of para-hydroxylation sites is 2. The summed E-state index contributed by atoms with van der Waals surface area (Å²) in [4.78, 5) is 32.8. The van der Waals surface area contributed by atoms with Crippen LogP contribution in [0.1, 0.15) is 32.6 Å². The van der Waals surface area contributed by atoms with Crippen LogP contribution in [0.5, 0.6) is 0 Å². The molecule has 162 valence electrons. The first-order valence-corrected chi connectivity index (χ1v) is 11.0. The van der Waals surface area contributed by atoms with E-state index in [1.807, 2.05) is 24.3 Å². The summed E-state index contributed by atoms with van der Waals surface area (Å²) in [5, 5.41) is 5.67. The predicted molar refractivity (Wildman–Crippen MR) is 115 cm³/mol. The van der Waals surface area contributed by atoms with E-state index < -0.39 is 0 Å². The molecule has 0 aliphatic carbocycles. The molecule has 1 aromatic heterocycles. The predicted octanol–water partition coefficient (Wildman–Crippen LogP) is 1.76. The molecule has 8 heteroatoms. The van der Waals surface area contributed by atoms with Gasteiger partial charge in [0, 0.05) is 45.7 Å². The molecule has 2 aliphatic heterocycles. The van der Waals surface area contributed by atoms with Crippen molar-refractivity contribution in [2.24, 2.45) is 5.92 Å². The Kier molecular flexibility index (Phi) is 6.52. The number of piperidine rings is 2. The van der Waals surface area contributed by atoms with Gasteiger partial charge in [0.05, 0.1) is 5.92 Å². The molecular weight excluding hydrogens is 382 g/mol. The Bertz CT molecular complexity index is 842. The summed E-state index contributed by atoms with van der Waals surface area (Å²) < 4.78 is 5.92. The van der Waals surface area contributed by atoms with Crippen LogP contribution in [0.25, 0.3) is 11.1 Å². The number of fused-ring (bicyclic) bond motifs is 1. The van der Waals surface area contributed by atoms with Crippen molar-refractivity contribution in [2.45, 2.75) is 38.6 Å². The van der Waals surface area contributed by atoms with Gasteiger partial charge < -0.3 is 20.0 Å². The van der Waals surface area contributed by atoms with Crippen molar-refractivity contribution in [1.29, 1.82) is 0 Å². The molecule has 0 bridgehead atoms. The Morgan fingerprint density at radius 2 is 1.87 bits per heavy atom. The summed E-state index contributed by atoms with van der Waals surface area (Å²) in [7, 11) is 0. The van der Waals surface area contributed by atoms with E-state index >= 15 is 0 Å². The number of likely N-dealkylation sites (tertiary alicyclic amines) is 1. The van der Waals surface area contributed by atoms with Gasteiger partial charge in [-0.2, -0.15) is 4.98 Å². The number of rotatable bonds is 6. The molecule has 1 atom stereocenters. The van der Waals surface area contributed by atoms with Crippen LogP contribution in [-0.2, 0) is 9.59 Å². The third kappa shape index (κ3) is 4.92. The Morgan fingerprint density at radius 1 is 1.10 bits per heavy atom. The Labute approximate surface area is 177 Å². The van der Waals surface area contributed by atoms with E-state index in [1.54, 1.807) is 0 Å². The van der Waals surface area contributed by atoms with E-state index in [1.165, 1.54) is 6.92 Å². The van der Waals surface area contributed by atoms with E-state index in [2.05, 4.69) is 25.4 Å². The molecule has 2 aliphatic rings. The van der Waals surface area contributed by atoms with Crippen LogP contribution >= 0.6 is 0 Å². The summed E-state index contributed by atoms with van der Waals surface area (Å²) in [6.45, 7) is 6.16. The third-order valence-corrected chi connectivity index (χ3v) is 6.16. The smallest absolute Gasteiger partial charge is 0.298 e. The summed E-state index contributed by atoms with van der Waals surface area (Å²) >= 11 is 0. The number of benzene rings is 1. The van der Waals surface area contributed by atoms with Gasteiger partial charge in [-0.25, -0.2) is 0 Å². The summed E-state index contributed by atoms with van der Waals surface area (Å²) in [6.07, 6.45) is 4.09. The monoisotopic (exact) mass is 413 g/mol. The lowest BCUT2D eigenvalue weighted by molar-refractivity contribution is -0.127. The summed E-state index contributed by atoms with van der Waals surface area (Å²) in [5.41, 5.74) is 1.73. The lowest BCUT2D eigenvalue weighted by Crippen LogP contribution is -2.51. The van der Waals surface area contributed by atoms with E-state index in [0.717, 1.165) is 63.0 Å². The van der Waals surface area contributed by atoms with Gasteiger partial charge in [-0.15, -0.1) is 0 Å². The number of anilines is 1. The molecule has 30 heavy (non-hydrogen) atoms. The topological polar surface area (TPSA) is 90.7 Å². The molecule has 0 spiro atoms. The van der Waals surface area contributed by atoms with Gasteiger partial charge in [0.15, 0.2) is 5.58 Å². The Balaban J connectivity index is 1.26. The second-order valence-corrected chi connectivity index (χ2v) is 8.29. The molecular formula is C22H31N5O3. The van der Waals surface area contributed by atoms with Gasteiger partial charge in [0.25, 0.3) is 6.01 Å². The molecule has 2 fully saturated rings. The fraction of sp³-hybridized carbons (Fsp3) is 0.591. The van der Waals surface area contributed by atoms with Gasteiger partial charge in [-0.1, -0.05) is 12.1 Å². The van der Waals surface area contributed by atoms with Crippen molar-refractivity contribution in [3.8, 4) is 0 Å². The Hall–Kier alpha value is -2.61. The highest BCUT2D eigenvalue weighted by atomic mass is 16.4. The highest BCUT2D eigenvalue weighted by molar-refractivity contribution is 5.79. The van der Waals surface area contributed by atoms with Gasteiger partial charge in [-0.3, -0.25) is 14.5 Å². The molecule has 0 unspecified atom stereocenters. The molecule has 0 radical (unpaired) electrons. The van der Waals surface area contributed by atoms with Crippen LogP contribution in [-0.4, -0.2) is 67.0 Å². The minimum Gasteiger partial charge on any atom is -0.423 e. The number of nitrogens with one attached hydrogen (secondary N) is 2. The second kappa shape index (κ2) is 9.47. The van der Waals surface area contributed by atoms with Gasteiger partial charge in [-0.05, 0) is 44.4 Å². The number of carbonyl (C=O) groups is 2. The number of aromatic nitrogens is 1. The molecule has 8 nitrogen and oxygen atoms in total. The van der Waals surface area contributed by atoms with Crippen LogP contribution in [0.2, 0.25) is 0 Å². The first-order chi connectivity index (χ1) is 14.6. The minimum atomic E-state index is -0.0720. The van der Waals surface area contributed by atoms with Crippen LogP contribution in [0.15, 0.2) is 28.7 Å². The minimum absolute atomic E-state index is 0.0335. The van der Waals surface area contributed by atoms with E-state index in [0.29, 0.717) is 25.1 Å². The van der Waals surface area contributed by atoms with Crippen molar-refractivity contribution in [3.63, 3.8) is 0 Å². The normalized spacial score (nSPS) is 21.0. The first-order valence-electron chi connectivity index (χ1n) is 11.0. The molecule has 2 aromatic rings. The van der Waals surface area contributed by atoms with Crippen LogP contribution < -0.4 is 15.5 Å².